The minimum Gasteiger partial charge on any atom is -0.496 e. The largest absolute Gasteiger partial charge is 0.496 e. The summed E-state index contributed by atoms with van der Waals surface area (Å²) in [6.45, 7) is 2.10. The molecule has 0 aliphatic heterocycles. The predicted octanol–water partition coefficient (Wildman–Crippen LogP) is 1.14. The van der Waals surface area contributed by atoms with Crippen LogP contribution in [-0.2, 0) is 22.6 Å². The maximum absolute atomic E-state index is 12.0. The highest BCUT2D eigenvalue weighted by atomic mass is 16.5. The Labute approximate surface area is 150 Å². The molecule has 8 nitrogen and oxygen atoms in total. The Bertz CT molecular complexity index is 832. The van der Waals surface area contributed by atoms with E-state index in [0.29, 0.717) is 18.7 Å². The van der Waals surface area contributed by atoms with Crippen LogP contribution in [0.3, 0.4) is 0 Å². The highest BCUT2D eigenvalue weighted by molar-refractivity contribution is 5.89. The van der Waals surface area contributed by atoms with Crippen LogP contribution in [-0.4, -0.2) is 35.4 Å². The average molecular weight is 359 g/mol. The monoisotopic (exact) mass is 359 g/mol. The highest BCUT2D eigenvalue weighted by Gasteiger charge is 2.13. The van der Waals surface area contributed by atoms with E-state index in [1.165, 1.54) is 16.8 Å². The van der Waals surface area contributed by atoms with E-state index in [9.17, 15) is 14.4 Å². The molecule has 0 aliphatic carbocycles. The Hall–Kier alpha value is -3.16. The number of esters is 1. The van der Waals surface area contributed by atoms with Gasteiger partial charge >= 0.3 is 5.97 Å². The van der Waals surface area contributed by atoms with Gasteiger partial charge in [0.15, 0.2) is 12.3 Å². The minimum atomic E-state index is -0.762. The van der Waals surface area contributed by atoms with Gasteiger partial charge in [0.2, 0.25) is 0 Å². The summed E-state index contributed by atoms with van der Waals surface area (Å²) in [5.41, 5.74) is 0.497. The number of nitrogens with one attached hydrogen (secondary N) is 1. The molecule has 26 heavy (non-hydrogen) atoms. The van der Waals surface area contributed by atoms with Gasteiger partial charge in [-0.1, -0.05) is 25.1 Å². The number of hydrogen-bond donors (Lipinski definition) is 1. The summed E-state index contributed by atoms with van der Waals surface area (Å²) < 4.78 is 11.3. The number of rotatable bonds is 8. The van der Waals surface area contributed by atoms with Crippen LogP contribution < -0.4 is 15.6 Å². The molecule has 0 saturated carbocycles. The molecule has 1 amide bonds. The van der Waals surface area contributed by atoms with Crippen LogP contribution in [0.15, 0.2) is 41.2 Å². The van der Waals surface area contributed by atoms with E-state index in [-0.39, 0.29) is 17.8 Å². The molecule has 2 aromatic rings. The molecule has 2 rings (SSSR count). The number of carbonyl (C=O) groups excluding carboxylic acids is 2. The van der Waals surface area contributed by atoms with E-state index >= 15 is 0 Å². The van der Waals surface area contributed by atoms with Crippen LogP contribution in [0.5, 0.6) is 5.75 Å². The van der Waals surface area contributed by atoms with Crippen molar-refractivity contribution in [1.82, 2.24) is 15.1 Å². The van der Waals surface area contributed by atoms with E-state index in [4.69, 9.17) is 9.47 Å². The molecule has 0 radical (unpaired) electrons. The first kappa shape index (κ1) is 19.2. The van der Waals surface area contributed by atoms with E-state index < -0.39 is 18.5 Å². The summed E-state index contributed by atoms with van der Waals surface area (Å²) >= 11 is 0. The van der Waals surface area contributed by atoms with Gasteiger partial charge in [-0.05, 0) is 18.6 Å². The second kappa shape index (κ2) is 9.36. The normalized spacial score (nSPS) is 10.2. The molecule has 0 aliphatic rings. The Balaban J connectivity index is 1.88. The van der Waals surface area contributed by atoms with Crippen LogP contribution in [0.2, 0.25) is 0 Å². The fourth-order valence-corrected chi connectivity index (χ4v) is 2.23. The summed E-state index contributed by atoms with van der Waals surface area (Å²) in [7, 11) is 1.55. The third-order valence-corrected chi connectivity index (χ3v) is 3.51. The third kappa shape index (κ3) is 5.17. The van der Waals surface area contributed by atoms with E-state index in [0.717, 1.165) is 5.56 Å². The zero-order valence-corrected chi connectivity index (χ0v) is 14.7. The lowest BCUT2D eigenvalue weighted by molar-refractivity contribution is -0.124. The molecule has 0 spiro atoms. The fourth-order valence-electron chi connectivity index (χ4n) is 2.23. The molecule has 138 valence electrons. The van der Waals surface area contributed by atoms with Gasteiger partial charge in [-0.25, -0.2) is 9.48 Å². The number of hydrogen-bond acceptors (Lipinski definition) is 6. The SMILES string of the molecule is CCCn1nc(C(=O)OCC(=O)NCc2ccccc2OC)ccc1=O. The molecule has 8 heteroatoms. The highest BCUT2D eigenvalue weighted by Crippen LogP contribution is 2.16. The van der Waals surface area contributed by atoms with Crippen molar-refractivity contribution >= 4 is 11.9 Å². The summed E-state index contributed by atoms with van der Waals surface area (Å²) in [6.07, 6.45) is 0.705. The van der Waals surface area contributed by atoms with Gasteiger partial charge in [-0.15, -0.1) is 0 Å². The Morgan fingerprint density at radius 3 is 2.69 bits per heavy atom. The smallest absolute Gasteiger partial charge is 0.359 e. The van der Waals surface area contributed by atoms with Crippen molar-refractivity contribution in [2.24, 2.45) is 0 Å². The number of methoxy groups -OCH3 is 1. The molecule has 1 aromatic heterocycles. The van der Waals surface area contributed by atoms with E-state index in [1.54, 1.807) is 13.2 Å². The first-order chi connectivity index (χ1) is 12.5. The Morgan fingerprint density at radius 2 is 1.96 bits per heavy atom. The third-order valence-electron chi connectivity index (χ3n) is 3.51. The maximum Gasteiger partial charge on any atom is 0.359 e. The lowest BCUT2D eigenvalue weighted by Gasteiger charge is -2.10. The molecular formula is C18H21N3O5. The van der Waals surface area contributed by atoms with Crippen molar-refractivity contribution in [3.8, 4) is 5.75 Å². The molecule has 1 aromatic carbocycles. The fraction of sp³-hybridized carbons (Fsp3) is 0.333. The molecule has 0 fully saturated rings. The van der Waals surface area contributed by atoms with Crippen LogP contribution in [0.1, 0.15) is 29.4 Å². The molecule has 0 unspecified atom stereocenters. The summed E-state index contributed by atoms with van der Waals surface area (Å²) in [4.78, 5) is 35.5. The number of ether oxygens (including phenoxy) is 2. The summed E-state index contributed by atoms with van der Waals surface area (Å²) in [5.74, 6) is -0.555. The van der Waals surface area contributed by atoms with Crippen molar-refractivity contribution < 1.29 is 19.1 Å². The van der Waals surface area contributed by atoms with Gasteiger partial charge in [0.25, 0.3) is 11.5 Å². The van der Waals surface area contributed by atoms with Crippen molar-refractivity contribution in [3.63, 3.8) is 0 Å². The Kier molecular flexibility index (Phi) is 6.90. The number of aryl methyl sites for hydroxylation is 1. The van der Waals surface area contributed by atoms with Gasteiger partial charge in [0.05, 0.1) is 7.11 Å². The van der Waals surface area contributed by atoms with Crippen LogP contribution in [0, 0.1) is 0 Å². The van der Waals surface area contributed by atoms with Gasteiger partial charge in [-0.2, -0.15) is 5.10 Å². The average Bonchev–Trinajstić information content (AvgIpc) is 2.66. The second-order valence-corrected chi connectivity index (χ2v) is 5.44. The molecule has 1 N–H and O–H groups in total. The van der Waals surface area contributed by atoms with Gasteiger partial charge in [0, 0.05) is 24.7 Å². The number of benzene rings is 1. The quantitative estimate of drug-likeness (QED) is 0.710. The zero-order valence-electron chi connectivity index (χ0n) is 14.7. The summed E-state index contributed by atoms with van der Waals surface area (Å²) in [5, 5.41) is 6.59. The van der Waals surface area contributed by atoms with Crippen molar-refractivity contribution in [3.05, 3.63) is 58.0 Å². The van der Waals surface area contributed by atoms with Gasteiger partial charge < -0.3 is 14.8 Å². The lowest BCUT2D eigenvalue weighted by Crippen LogP contribution is -2.29. The maximum atomic E-state index is 12.0. The topological polar surface area (TPSA) is 99.5 Å². The van der Waals surface area contributed by atoms with Gasteiger partial charge in [-0.3, -0.25) is 9.59 Å². The first-order valence-electron chi connectivity index (χ1n) is 8.19. The van der Waals surface area contributed by atoms with Crippen molar-refractivity contribution in [2.45, 2.75) is 26.4 Å². The minimum absolute atomic E-state index is 0.0180. The van der Waals surface area contributed by atoms with Crippen LogP contribution >= 0.6 is 0 Å². The second-order valence-electron chi connectivity index (χ2n) is 5.44. The molecule has 1 heterocycles. The number of para-hydroxylation sites is 1. The molecule has 0 saturated heterocycles. The van der Waals surface area contributed by atoms with Crippen LogP contribution in [0.4, 0.5) is 0 Å². The molecule has 0 bridgehead atoms. The lowest BCUT2D eigenvalue weighted by atomic mass is 10.2. The van der Waals surface area contributed by atoms with Crippen molar-refractivity contribution in [2.75, 3.05) is 13.7 Å². The summed E-state index contributed by atoms with van der Waals surface area (Å²) in [6, 6.07) is 9.81. The zero-order chi connectivity index (χ0) is 18.9. The van der Waals surface area contributed by atoms with E-state index in [2.05, 4.69) is 10.4 Å². The number of nitrogens with zero attached hydrogens (tertiary/aromatic N) is 2. The molecular weight excluding hydrogens is 338 g/mol. The van der Waals surface area contributed by atoms with Crippen molar-refractivity contribution in [1.29, 1.82) is 0 Å². The van der Waals surface area contributed by atoms with Gasteiger partial charge in [0.1, 0.15) is 5.75 Å². The molecule has 0 atom stereocenters. The number of aromatic nitrogens is 2. The number of amides is 1. The first-order valence-corrected chi connectivity index (χ1v) is 8.19. The number of carbonyl (C=O) groups is 2. The van der Waals surface area contributed by atoms with E-state index in [1.807, 2.05) is 25.1 Å². The predicted molar refractivity (Wildman–Crippen MR) is 93.9 cm³/mol. The standard InChI is InChI=1S/C18H21N3O5/c1-3-10-21-17(23)9-8-14(20-21)18(24)26-12-16(22)19-11-13-6-4-5-7-15(13)25-2/h4-9H,3,10-12H2,1-2H3,(H,19,22). The Morgan fingerprint density at radius 1 is 1.19 bits per heavy atom. The van der Waals surface area contributed by atoms with Crippen LogP contribution in [0.25, 0.3) is 0 Å².